The summed E-state index contributed by atoms with van der Waals surface area (Å²) in [7, 11) is -3.11. The normalized spacial score (nSPS) is 10.4. The predicted octanol–water partition coefficient (Wildman–Crippen LogP) is 3.15. The molecular formula is C16H12N4O7S. The highest BCUT2D eigenvalue weighted by Crippen LogP contribution is 2.38. The van der Waals surface area contributed by atoms with Crippen molar-refractivity contribution in [2.24, 2.45) is 10.2 Å². The van der Waals surface area contributed by atoms with E-state index in [1.807, 2.05) is 0 Å². The maximum absolute atomic E-state index is 10.8. The van der Waals surface area contributed by atoms with Crippen molar-refractivity contribution in [3.63, 3.8) is 0 Å². The third-order valence-electron chi connectivity index (χ3n) is 3.43. The van der Waals surface area contributed by atoms with Gasteiger partial charge in [-0.15, -0.1) is 22.9 Å². The monoisotopic (exact) mass is 404 g/mol. The average molecular weight is 404 g/mol. The first kappa shape index (κ1) is 20.3. The molecule has 0 bridgehead atoms. The molecule has 0 aliphatic rings. The smallest absolute Gasteiger partial charge is 0.425 e. The van der Waals surface area contributed by atoms with Crippen LogP contribution in [0.3, 0.4) is 0 Å². The third kappa shape index (κ3) is 4.98. The Hall–Kier alpha value is -4.06. The maximum Gasteiger partial charge on any atom is 0.425 e. The second-order valence-electron chi connectivity index (χ2n) is 5.25. The highest BCUT2D eigenvalue weighted by atomic mass is 32.2. The molecule has 0 heterocycles. The summed E-state index contributed by atoms with van der Waals surface area (Å²) in [6.45, 7) is 0. The van der Waals surface area contributed by atoms with Gasteiger partial charge in [-0.3, -0.25) is 10.1 Å². The molecule has 0 amide bonds. The van der Waals surface area contributed by atoms with Gasteiger partial charge in [-0.25, -0.2) is 0 Å². The van der Waals surface area contributed by atoms with Gasteiger partial charge in [0.1, 0.15) is 17.1 Å². The number of phenols is 2. The second-order valence-corrected chi connectivity index (χ2v) is 5.66. The summed E-state index contributed by atoms with van der Waals surface area (Å²) in [5, 5.41) is 39.7. The summed E-state index contributed by atoms with van der Waals surface area (Å²) in [6.07, 6.45) is 0. The first-order chi connectivity index (χ1) is 13.2. The van der Waals surface area contributed by atoms with Gasteiger partial charge in [0, 0.05) is 23.2 Å². The lowest BCUT2D eigenvalue weighted by atomic mass is 10.1. The van der Waals surface area contributed by atoms with Crippen molar-refractivity contribution < 1.29 is 27.8 Å². The van der Waals surface area contributed by atoms with Crippen molar-refractivity contribution in [1.82, 2.24) is 0 Å². The molecule has 0 atom stereocenters. The minimum absolute atomic E-state index is 0.0729. The van der Waals surface area contributed by atoms with E-state index in [1.165, 1.54) is 0 Å². The van der Waals surface area contributed by atoms with Gasteiger partial charge < -0.3 is 15.9 Å². The van der Waals surface area contributed by atoms with Gasteiger partial charge >= 0.3 is 10.6 Å². The fourth-order valence-electron chi connectivity index (χ4n) is 2.20. The zero-order valence-electron chi connectivity index (χ0n) is 13.9. The molecule has 3 aromatic carbocycles. The largest absolute Gasteiger partial charge is 0.506 e. The van der Waals surface area contributed by atoms with Crippen molar-refractivity contribution in [2.45, 2.75) is 0 Å². The molecule has 0 aliphatic heterocycles. The SMILES string of the molecule is Nc1ccc2ccc(N=Nc3cc([N+](=O)[O-])ccc3O)c(O)c2c1.O=S(=O)=O. The van der Waals surface area contributed by atoms with E-state index < -0.39 is 15.5 Å². The summed E-state index contributed by atoms with van der Waals surface area (Å²) in [5.74, 6) is -0.373. The first-order valence-corrected chi connectivity index (χ1v) is 8.36. The van der Waals surface area contributed by atoms with Crippen LogP contribution < -0.4 is 5.73 Å². The Bertz CT molecular complexity index is 1190. The number of aromatic hydroxyl groups is 2. The Labute approximate surface area is 158 Å². The van der Waals surface area contributed by atoms with Gasteiger partial charge in [0.25, 0.3) is 5.69 Å². The van der Waals surface area contributed by atoms with Crippen LogP contribution in [0.2, 0.25) is 0 Å². The maximum atomic E-state index is 10.8. The molecule has 3 aromatic rings. The van der Waals surface area contributed by atoms with E-state index in [0.29, 0.717) is 11.1 Å². The number of anilines is 1. The molecule has 0 saturated carbocycles. The molecular weight excluding hydrogens is 392 g/mol. The number of rotatable bonds is 3. The molecule has 0 unspecified atom stereocenters. The number of nitrogens with two attached hydrogens (primary N) is 1. The van der Waals surface area contributed by atoms with Gasteiger partial charge in [0.05, 0.1) is 4.92 Å². The molecule has 11 nitrogen and oxygen atoms in total. The standard InChI is InChI=1S/C16H12N4O4.O3S/c17-10-3-1-9-2-5-13(16(22)12(9)7-10)18-19-14-8-11(20(23)24)4-6-15(14)21;1-4(2)3/h1-8,21-22H,17H2;. The van der Waals surface area contributed by atoms with E-state index in [-0.39, 0.29) is 28.6 Å². The minimum atomic E-state index is -3.11. The second kappa shape index (κ2) is 8.55. The lowest BCUT2D eigenvalue weighted by Crippen LogP contribution is -1.86. The van der Waals surface area contributed by atoms with E-state index in [0.717, 1.165) is 23.6 Å². The van der Waals surface area contributed by atoms with Gasteiger partial charge in [-0.05, 0) is 29.7 Å². The number of azo groups is 1. The van der Waals surface area contributed by atoms with Gasteiger partial charge in [0.15, 0.2) is 5.75 Å². The molecule has 144 valence electrons. The van der Waals surface area contributed by atoms with E-state index >= 15 is 0 Å². The number of nitrogens with zero attached hydrogens (tertiary/aromatic N) is 3. The van der Waals surface area contributed by atoms with Crippen LogP contribution in [-0.2, 0) is 10.6 Å². The number of nitrogen functional groups attached to an aromatic ring is 1. The zero-order valence-corrected chi connectivity index (χ0v) is 14.7. The zero-order chi connectivity index (χ0) is 20.8. The molecule has 0 aliphatic carbocycles. The van der Waals surface area contributed by atoms with Crippen molar-refractivity contribution in [2.75, 3.05) is 5.73 Å². The number of nitro groups is 1. The number of benzene rings is 3. The highest BCUT2D eigenvalue weighted by Gasteiger charge is 2.11. The topological polar surface area (TPSA) is 186 Å². The van der Waals surface area contributed by atoms with Gasteiger partial charge in [-0.1, -0.05) is 12.1 Å². The molecule has 0 aromatic heterocycles. The van der Waals surface area contributed by atoms with Crippen LogP contribution in [-0.4, -0.2) is 27.8 Å². The van der Waals surface area contributed by atoms with Crippen LogP contribution in [0.15, 0.2) is 58.8 Å². The summed E-state index contributed by atoms with van der Waals surface area (Å²) >= 11 is 0. The third-order valence-corrected chi connectivity index (χ3v) is 3.43. The Morgan fingerprint density at radius 3 is 2.18 bits per heavy atom. The summed E-state index contributed by atoms with van der Waals surface area (Å²) in [6, 6.07) is 11.8. The summed E-state index contributed by atoms with van der Waals surface area (Å²) < 4.78 is 25.3. The average Bonchev–Trinajstić information content (AvgIpc) is 2.62. The van der Waals surface area contributed by atoms with Crippen LogP contribution in [0.25, 0.3) is 10.8 Å². The Balaban J connectivity index is 0.000000640. The Morgan fingerprint density at radius 1 is 0.929 bits per heavy atom. The Kier molecular flexibility index (Phi) is 6.18. The lowest BCUT2D eigenvalue weighted by molar-refractivity contribution is -0.384. The van der Waals surface area contributed by atoms with E-state index in [1.54, 1.807) is 30.3 Å². The fraction of sp³-hybridized carbons (Fsp3) is 0. The van der Waals surface area contributed by atoms with E-state index in [4.69, 9.17) is 18.4 Å². The number of fused-ring (bicyclic) bond motifs is 1. The summed E-state index contributed by atoms with van der Waals surface area (Å²) in [5.41, 5.74) is 6.05. The minimum Gasteiger partial charge on any atom is -0.506 e. The quantitative estimate of drug-likeness (QED) is 0.257. The predicted molar refractivity (Wildman–Crippen MR) is 98.7 cm³/mol. The number of non-ortho nitro benzene ring substituents is 1. The van der Waals surface area contributed by atoms with Gasteiger partial charge in [-0.2, -0.15) is 0 Å². The molecule has 4 N–H and O–H groups in total. The Morgan fingerprint density at radius 2 is 1.54 bits per heavy atom. The van der Waals surface area contributed by atoms with Crippen molar-refractivity contribution in [3.05, 3.63) is 58.6 Å². The van der Waals surface area contributed by atoms with Crippen molar-refractivity contribution in [1.29, 1.82) is 0 Å². The number of phenolic OH excluding ortho intramolecular Hbond substituents is 2. The van der Waals surface area contributed by atoms with Crippen LogP contribution >= 0.6 is 0 Å². The van der Waals surface area contributed by atoms with Crippen LogP contribution in [0.1, 0.15) is 0 Å². The van der Waals surface area contributed by atoms with Crippen LogP contribution in [0, 0.1) is 10.1 Å². The van der Waals surface area contributed by atoms with Crippen molar-refractivity contribution >= 4 is 44.1 Å². The lowest BCUT2D eigenvalue weighted by Gasteiger charge is -2.05. The molecule has 0 fully saturated rings. The highest BCUT2D eigenvalue weighted by molar-refractivity contribution is 7.59. The summed E-state index contributed by atoms with van der Waals surface area (Å²) in [4.78, 5) is 10.2. The molecule has 0 radical (unpaired) electrons. The van der Waals surface area contributed by atoms with E-state index in [9.17, 15) is 20.3 Å². The number of nitro benzene ring substituents is 1. The molecule has 28 heavy (non-hydrogen) atoms. The number of hydrogen-bond acceptors (Lipinski definition) is 10. The van der Waals surface area contributed by atoms with E-state index in [2.05, 4.69) is 10.2 Å². The molecule has 0 spiro atoms. The fourth-order valence-corrected chi connectivity index (χ4v) is 2.20. The van der Waals surface area contributed by atoms with Gasteiger partial charge in [0.2, 0.25) is 0 Å². The first-order valence-electron chi connectivity index (χ1n) is 7.36. The van der Waals surface area contributed by atoms with Crippen LogP contribution in [0.4, 0.5) is 22.7 Å². The molecule has 12 heteroatoms. The van der Waals surface area contributed by atoms with Crippen LogP contribution in [0.5, 0.6) is 11.5 Å². The van der Waals surface area contributed by atoms with Crippen molar-refractivity contribution in [3.8, 4) is 11.5 Å². The molecule has 0 saturated heterocycles. The number of hydrogen-bond donors (Lipinski definition) is 3. The molecule has 3 rings (SSSR count).